The second kappa shape index (κ2) is 3.75. The summed E-state index contributed by atoms with van der Waals surface area (Å²) in [7, 11) is 1.93. The second-order valence-corrected chi connectivity index (χ2v) is 5.49. The Bertz CT molecular complexity index is 641. The average Bonchev–Trinajstić information content (AvgIpc) is 2.54. The lowest BCUT2D eigenvalue weighted by Crippen LogP contribution is -2.42. The minimum absolute atomic E-state index is 0.674. The molecule has 1 fully saturated rings. The summed E-state index contributed by atoms with van der Waals surface area (Å²) in [4.78, 5) is 11.6. The van der Waals surface area contributed by atoms with Gasteiger partial charge in [-0.05, 0) is 30.5 Å². The van der Waals surface area contributed by atoms with Gasteiger partial charge in [0.15, 0.2) is 0 Å². The number of aryl methyl sites for hydroxylation is 1. The fraction of sp³-hybridized carbons (Fsp3) is 0.357. The minimum Gasteiger partial charge on any atom is -0.481 e. The molecule has 0 saturated heterocycles. The highest BCUT2D eigenvalue weighted by Gasteiger charge is 2.47. The van der Waals surface area contributed by atoms with Gasteiger partial charge in [0.25, 0.3) is 0 Å². The molecule has 2 aromatic rings. The zero-order valence-electron chi connectivity index (χ0n) is 10.1. The van der Waals surface area contributed by atoms with E-state index in [-0.39, 0.29) is 0 Å². The molecule has 0 unspecified atom stereocenters. The normalized spacial score (nSPS) is 17.7. The molecular weight excluding hydrogens is 250 g/mol. The third kappa shape index (κ3) is 1.40. The molecule has 94 valence electrons. The van der Waals surface area contributed by atoms with Crippen LogP contribution < -0.4 is 0 Å². The van der Waals surface area contributed by atoms with E-state index in [2.05, 4.69) is 0 Å². The maximum absolute atomic E-state index is 11.6. The highest BCUT2D eigenvalue weighted by atomic mass is 35.5. The maximum Gasteiger partial charge on any atom is 0.314 e. The molecule has 0 spiro atoms. The number of aliphatic carboxylic acids is 1. The van der Waals surface area contributed by atoms with Crippen LogP contribution >= 0.6 is 11.6 Å². The van der Waals surface area contributed by atoms with Gasteiger partial charge in [-0.1, -0.05) is 24.1 Å². The van der Waals surface area contributed by atoms with Gasteiger partial charge in [-0.15, -0.1) is 0 Å². The molecule has 0 aliphatic heterocycles. The van der Waals surface area contributed by atoms with Crippen LogP contribution in [0.5, 0.6) is 0 Å². The molecule has 1 aliphatic rings. The van der Waals surface area contributed by atoms with E-state index in [1.807, 2.05) is 36.0 Å². The number of carboxylic acid groups (broad SMARTS) is 1. The van der Waals surface area contributed by atoms with E-state index >= 15 is 0 Å². The van der Waals surface area contributed by atoms with Crippen molar-refractivity contribution in [3.63, 3.8) is 0 Å². The van der Waals surface area contributed by atoms with Crippen molar-refractivity contribution in [3.8, 4) is 0 Å². The first-order valence-corrected chi connectivity index (χ1v) is 6.41. The molecule has 1 aromatic heterocycles. The van der Waals surface area contributed by atoms with Crippen LogP contribution in [0.2, 0.25) is 5.02 Å². The summed E-state index contributed by atoms with van der Waals surface area (Å²) in [6, 6.07) is 5.63. The van der Waals surface area contributed by atoms with Gasteiger partial charge in [-0.25, -0.2) is 0 Å². The first-order chi connectivity index (χ1) is 8.54. The standard InChI is InChI=1S/C14H14ClNO2/c1-16-8-11(14(13(17)18)5-2-6-14)10-4-3-9(15)7-12(10)16/h3-4,7-8H,2,5-6H2,1H3,(H,17,18). The zero-order chi connectivity index (χ0) is 12.9. The molecule has 1 aromatic carbocycles. The van der Waals surface area contributed by atoms with Crippen molar-refractivity contribution in [1.82, 2.24) is 4.57 Å². The van der Waals surface area contributed by atoms with Crippen LogP contribution in [0.3, 0.4) is 0 Å². The second-order valence-electron chi connectivity index (χ2n) is 5.06. The van der Waals surface area contributed by atoms with E-state index < -0.39 is 11.4 Å². The SMILES string of the molecule is Cn1cc(C2(C(=O)O)CCC2)c2ccc(Cl)cc21. The first-order valence-electron chi connectivity index (χ1n) is 6.03. The van der Waals surface area contributed by atoms with Gasteiger partial charge in [-0.2, -0.15) is 0 Å². The van der Waals surface area contributed by atoms with Crippen LogP contribution in [0, 0.1) is 0 Å². The summed E-state index contributed by atoms with van der Waals surface area (Å²) in [5.41, 5.74) is 1.23. The van der Waals surface area contributed by atoms with Gasteiger partial charge >= 0.3 is 5.97 Å². The molecule has 0 amide bonds. The number of carbonyl (C=O) groups is 1. The van der Waals surface area contributed by atoms with E-state index in [0.717, 1.165) is 35.7 Å². The Hall–Kier alpha value is -1.48. The zero-order valence-corrected chi connectivity index (χ0v) is 10.9. The number of carboxylic acids is 1. The molecule has 18 heavy (non-hydrogen) atoms. The number of hydrogen-bond donors (Lipinski definition) is 1. The average molecular weight is 264 g/mol. The van der Waals surface area contributed by atoms with Crippen molar-refractivity contribution in [1.29, 1.82) is 0 Å². The van der Waals surface area contributed by atoms with E-state index in [1.165, 1.54) is 0 Å². The molecule has 0 radical (unpaired) electrons. The third-order valence-electron chi connectivity index (χ3n) is 4.08. The van der Waals surface area contributed by atoms with Crippen LogP contribution in [-0.2, 0) is 17.3 Å². The van der Waals surface area contributed by atoms with E-state index in [4.69, 9.17) is 11.6 Å². The van der Waals surface area contributed by atoms with E-state index in [0.29, 0.717) is 5.02 Å². The Balaban J connectivity index is 2.27. The largest absolute Gasteiger partial charge is 0.481 e. The highest BCUT2D eigenvalue weighted by Crippen LogP contribution is 2.47. The smallest absolute Gasteiger partial charge is 0.314 e. The Morgan fingerprint density at radius 1 is 1.44 bits per heavy atom. The van der Waals surface area contributed by atoms with Crippen LogP contribution in [0.25, 0.3) is 10.9 Å². The number of fused-ring (bicyclic) bond motifs is 1. The number of aromatic nitrogens is 1. The van der Waals surface area contributed by atoms with Gasteiger partial charge < -0.3 is 9.67 Å². The predicted molar refractivity (Wildman–Crippen MR) is 71.1 cm³/mol. The Kier molecular flexibility index (Phi) is 2.42. The molecule has 1 saturated carbocycles. The number of rotatable bonds is 2. The highest BCUT2D eigenvalue weighted by molar-refractivity contribution is 6.31. The fourth-order valence-electron chi connectivity index (χ4n) is 2.87. The summed E-state index contributed by atoms with van der Waals surface area (Å²) < 4.78 is 1.96. The first kappa shape index (κ1) is 11.6. The number of benzene rings is 1. The maximum atomic E-state index is 11.6. The number of halogens is 1. The molecule has 3 rings (SSSR count). The van der Waals surface area contributed by atoms with Gasteiger partial charge in [0.2, 0.25) is 0 Å². The van der Waals surface area contributed by atoms with E-state index in [9.17, 15) is 9.90 Å². The number of nitrogens with zero attached hydrogens (tertiary/aromatic N) is 1. The molecule has 3 nitrogen and oxygen atoms in total. The molecular formula is C14H14ClNO2. The Morgan fingerprint density at radius 3 is 2.72 bits per heavy atom. The monoisotopic (exact) mass is 263 g/mol. The van der Waals surface area contributed by atoms with Gasteiger partial charge in [0.05, 0.1) is 5.41 Å². The predicted octanol–water partition coefficient (Wildman–Crippen LogP) is 3.34. The van der Waals surface area contributed by atoms with Crippen LogP contribution in [0.15, 0.2) is 24.4 Å². The summed E-state index contributed by atoms with van der Waals surface area (Å²) in [5, 5.41) is 11.2. The summed E-state index contributed by atoms with van der Waals surface area (Å²) in [5.74, 6) is -0.712. The van der Waals surface area contributed by atoms with Crippen LogP contribution in [0.1, 0.15) is 24.8 Å². The molecule has 1 N–H and O–H groups in total. The topological polar surface area (TPSA) is 42.2 Å². The van der Waals surface area contributed by atoms with Crippen molar-refractivity contribution in [2.24, 2.45) is 7.05 Å². The summed E-state index contributed by atoms with van der Waals surface area (Å²) in [6.45, 7) is 0. The van der Waals surface area contributed by atoms with Crippen molar-refractivity contribution in [2.75, 3.05) is 0 Å². The quantitative estimate of drug-likeness (QED) is 0.903. The summed E-state index contributed by atoms with van der Waals surface area (Å²) in [6.07, 6.45) is 4.37. The van der Waals surface area contributed by atoms with Gasteiger partial charge in [0, 0.05) is 29.2 Å². The van der Waals surface area contributed by atoms with Crippen molar-refractivity contribution in [3.05, 3.63) is 35.0 Å². The van der Waals surface area contributed by atoms with Gasteiger partial charge in [-0.3, -0.25) is 4.79 Å². The molecule has 0 atom stereocenters. The molecule has 0 bridgehead atoms. The molecule has 1 heterocycles. The van der Waals surface area contributed by atoms with Crippen molar-refractivity contribution < 1.29 is 9.90 Å². The van der Waals surface area contributed by atoms with Crippen molar-refractivity contribution in [2.45, 2.75) is 24.7 Å². The molecule has 1 aliphatic carbocycles. The Morgan fingerprint density at radius 2 is 2.17 bits per heavy atom. The lowest BCUT2D eigenvalue weighted by atomic mass is 9.64. The Labute approximate surface area is 110 Å². The number of hydrogen-bond acceptors (Lipinski definition) is 1. The van der Waals surface area contributed by atoms with Crippen LogP contribution in [0.4, 0.5) is 0 Å². The minimum atomic E-state index is -0.712. The lowest BCUT2D eigenvalue weighted by molar-refractivity contribution is -0.147. The van der Waals surface area contributed by atoms with Gasteiger partial charge in [0.1, 0.15) is 0 Å². The summed E-state index contributed by atoms with van der Waals surface area (Å²) >= 11 is 5.99. The van der Waals surface area contributed by atoms with Crippen LogP contribution in [-0.4, -0.2) is 15.6 Å². The fourth-order valence-corrected chi connectivity index (χ4v) is 3.03. The van der Waals surface area contributed by atoms with E-state index in [1.54, 1.807) is 0 Å². The van der Waals surface area contributed by atoms with Crippen molar-refractivity contribution >= 4 is 28.5 Å². The third-order valence-corrected chi connectivity index (χ3v) is 4.32. The lowest BCUT2D eigenvalue weighted by Gasteiger charge is -2.37. The molecule has 4 heteroatoms.